The van der Waals surface area contributed by atoms with Gasteiger partial charge >= 0.3 is 12.2 Å². The molecule has 2 unspecified atom stereocenters. The number of hydrogen-bond acceptors (Lipinski definition) is 9. The Morgan fingerprint density at radius 1 is 1.11 bits per heavy atom. The number of hydrogen-bond donors (Lipinski definition) is 2. The molecule has 4 aromatic rings. The SMILES string of the molecule is CN(c1nc(OCC23CCCN2CCC3)nc2c(F)c(-c3ccc(F)c4sc(N)nc34)c(C(F)(F)F)cc12)C1CCC(O)C1. The third-order valence-corrected chi connectivity index (χ3v) is 10.4. The van der Waals surface area contributed by atoms with Crippen LogP contribution in [0.3, 0.4) is 0 Å². The topological polar surface area (TPSA) is 101 Å². The minimum Gasteiger partial charge on any atom is -0.461 e. The van der Waals surface area contributed by atoms with Crippen LogP contribution in [0.4, 0.5) is 32.9 Å². The van der Waals surface area contributed by atoms with E-state index in [2.05, 4.69) is 19.9 Å². The zero-order valence-electron chi connectivity index (χ0n) is 23.9. The molecule has 2 saturated heterocycles. The first-order valence-electron chi connectivity index (χ1n) is 14.7. The molecule has 234 valence electrons. The Balaban J connectivity index is 1.43. The van der Waals surface area contributed by atoms with E-state index in [0.29, 0.717) is 19.3 Å². The van der Waals surface area contributed by atoms with Gasteiger partial charge in [-0.25, -0.2) is 13.8 Å². The van der Waals surface area contributed by atoms with Crippen LogP contribution in [-0.4, -0.2) is 69.4 Å². The summed E-state index contributed by atoms with van der Waals surface area (Å²) in [7, 11) is 1.67. The van der Waals surface area contributed by atoms with E-state index in [1.165, 1.54) is 0 Å². The third kappa shape index (κ3) is 4.81. The van der Waals surface area contributed by atoms with Crippen molar-refractivity contribution >= 4 is 43.4 Å². The number of aliphatic hydroxyl groups excluding tert-OH is 1. The summed E-state index contributed by atoms with van der Waals surface area (Å²) in [6.45, 7) is 2.20. The van der Waals surface area contributed by atoms with E-state index in [1.807, 2.05) is 0 Å². The number of halogens is 5. The molecule has 3 fully saturated rings. The van der Waals surface area contributed by atoms with Gasteiger partial charge < -0.3 is 20.5 Å². The van der Waals surface area contributed by atoms with Crippen molar-refractivity contribution in [2.24, 2.45) is 0 Å². The molecule has 1 aliphatic carbocycles. The molecule has 7 rings (SSSR count). The lowest BCUT2D eigenvalue weighted by molar-refractivity contribution is -0.137. The minimum absolute atomic E-state index is 0.0611. The second-order valence-electron chi connectivity index (χ2n) is 12.1. The highest BCUT2D eigenvalue weighted by molar-refractivity contribution is 7.22. The van der Waals surface area contributed by atoms with Crippen LogP contribution in [0.2, 0.25) is 0 Å². The summed E-state index contributed by atoms with van der Waals surface area (Å²) < 4.78 is 81.5. The van der Waals surface area contributed by atoms with E-state index in [0.717, 1.165) is 68.3 Å². The van der Waals surface area contributed by atoms with Crippen LogP contribution in [0.15, 0.2) is 18.2 Å². The Hall–Kier alpha value is -3.36. The smallest absolute Gasteiger partial charge is 0.417 e. The van der Waals surface area contributed by atoms with Crippen molar-refractivity contribution in [3.63, 3.8) is 0 Å². The van der Waals surface area contributed by atoms with Crippen LogP contribution in [-0.2, 0) is 6.18 Å². The first-order valence-corrected chi connectivity index (χ1v) is 15.5. The number of nitrogen functional groups attached to an aromatic ring is 1. The third-order valence-electron chi connectivity index (χ3n) is 9.52. The maximum atomic E-state index is 16.7. The predicted octanol–water partition coefficient (Wildman–Crippen LogP) is 6.14. The molecular weight excluding hydrogens is 603 g/mol. The molecule has 2 aliphatic heterocycles. The van der Waals surface area contributed by atoms with Gasteiger partial charge in [0.2, 0.25) is 0 Å². The number of ether oxygens (including phenoxy) is 1. The van der Waals surface area contributed by atoms with E-state index in [4.69, 9.17) is 10.5 Å². The van der Waals surface area contributed by atoms with E-state index in [9.17, 15) is 22.7 Å². The molecule has 8 nitrogen and oxygen atoms in total. The van der Waals surface area contributed by atoms with Crippen molar-refractivity contribution in [1.29, 1.82) is 0 Å². The van der Waals surface area contributed by atoms with Gasteiger partial charge in [-0.2, -0.15) is 23.1 Å². The Labute approximate surface area is 253 Å². The quantitative estimate of drug-likeness (QED) is 0.244. The number of nitrogens with two attached hydrogens (primary N) is 1. The van der Waals surface area contributed by atoms with E-state index >= 15 is 4.39 Å². The summed E-state index contributed by atoms with van der Waals surface area (Å²) in [5, 5.41) is 9.98. The maximum absolute atomic E-state index is 16.7. The van der Waals surface area contributed by atoms with Crippen LogP contribution in [0, 0.1) is 11.6 Å². The second-order valence-corrected chi connectivity index (χ2v) is 13.1. The molecule has 2 atom stereocenters. The van der Waals surface area contributed by atoms with Gasteiger partial charge in [0.15, 0.2) is 10.9 Å². The molecular formula is C30H31F5N6O2S. The predicted molar refractivity (Wildman–Crippen MR) is 158 cm³/mol. The van der Waals surface area contributed by atoms with Gasteiger partial charge in [-0.15, -0.1) is 0 Å². The minimum atomic E-state index is -4.99. The largest absolute Gasteiger partial charge is 0.461 e. The fraction of sp³-hybridized carbons (Fsp3) is 0.500. The summed E-state index contributed by atoms with van der Waals surface area (Å²) in [5.41, 5.74) is 2.77. The van der Waals surface area contributed by atoms with Gasteiger partial charge in [0, 0.05) is 29.6 Å². The number of thiazole rings is 1. The lowest BCUT2D eigenvalue weighted by atomic mass is 9.95. The second kappa shape index (κ2) is 10.6. The van der Waals surface area contributed by atoms with Crippen LogP contribution in [0.25, 0.3) is 32.2 Å². The summed E-state index contributed by atoms with van der Waals surface area (Å²) >= 11 is 0.770. The van der Waals surface area contributed by atoms with E-state index < -0.39 is 35.0 Å². The molecule has 0 radical (unpaired) electrons. The van der Waals surface area contributed by atoms with Crippen LogP contribution in [0.1, 0.15) is 50.5 Å². The maximum Gasteiger partial charge on any atom is 0.417 e. The average Bonchev–Trinajstić information content (AvgIpc) is 3.75. The molecule has 0 spiro atoms. The summed E-state index contributed by atoms with van der Waals surface area (Å²) in [5.74, 6) is -1.89. The Morgan fingerprint density at radius 2 is 1.86 bits per heavy atom. The van der Waals surface area contributed by atoms with Gasteiger partial charge in [-0.1, -0.05) is 11.3 Å². The lowest BCUT2D eigenvalue weighted by Crippen LogP contribution is -2.43. The Bertz CT molecular complexity index is 1750. The van der Waals surface area contributed by atoms with Gasteiger partial charge in [0.05, 0.1) is 27.4 Å². The number of aromatic nitrogens is 3. The van der Waals surface area contributed by atoms with Crippen molar-refractivity contribution < 1.29 is 31.8 Å². The van der Waals surface area contributed by atoms with E-state index in [-0.39, 0.29) is 61.8 Å². The lowest BCUT2D eigenvalue weighted by Gasteiger charge is -2.32. The molecule has 14 heteroatoms. The number of alkyl halides is 3. The monoisotopic (exact) mass is 634 g/mol. The highest BCUT2D eigenvalue weighted by atomic mass is 32.1. The Morgan fingerprint density at radius 3 is 2.55 bits per heavy atom. The average molecular weight is 635 g/mol. The molecule has 0 bridgehead atoms. The highest BCUT2D eigenvalue weighted by Gasteiger charge is 2.45. The number of fused-ring (bicyclic) bond motifs is 3. The van der Waals surface area contributed by atoms with Gasteiger partial charge in [-0.05, 0) is 76.2 Å². The van der Waals surface area contributed by atoms with Crippen molar-refractivity contribution in [3.8, 4) is 17.1 Å². The normalized spacial score (nSPS) is 21.9. The summed E-state index contributed by atoms with van der Waals surface area (Å²) in [6, 6.07) is 2.52. The fourth-order valence-corrected chi connectivity index (χ4v) is 8.09. The number of rotatable bonds is 6. The molecule has 3 aliphatic rings. The van der Waals surface area contributed by atoms with E-state index in [1.54, 1.807) is 11.9 Å². The highest BCUT2D eigenvalue weighted by Crippen LogP contribution is 2.46. The zero-order valence-corrected chi connectivity index (χ0v) is 24.7. The molecule has 1 saturated carbocycles. The van der Waals surface area contributed by atoms with Crippen LogP contribution < -0.4 is 15.4 Å². The molecule has 4 heterocycles. The summed E-state index contributed by atoms with van der Waals surface area (Å²) in [6.07, 6.45) is -0.0860. The molecule has 2 aromatic heterocycles. The number of aliphatic hydroxyl groups is 1. The summed E-state index contributed by atoms with van der Waals surface area (Å²) in [4.78, 5) is 17.0. The van der Waals surface area contributed by atoms with Crippen molar-refractivity contribution in [2.45, 2.75) is 68.8 Å². The molecule has 2 aromatic carbocycles. The van der Waals surface area contributed by atoms with Gasteiger partial charge in [0.25, 0.3) is 0 Å². The standard InChI is InChI=1S/C30H31F5N6O2S/c1-40(15-4-5-16(42)12-15)26-18-13-19(30(33,34)35)21(17-6-7-20(31)25-24(17)37-27(36)44-25)22(32)23(18)38-28(39-26)43-14-29-8-2-10-41(29)11-3-9-29/h6-7,13,15-16,42H,2-5,8-12,14H2,1H3,(H2,36,37). The van der Waals surface area contributed by atoms with Crippen molar-refractivity contribution in [2.75, 3.05) is 37.4 Å². The molecule has 0 amide bonds. The van der Waals surface area contributed by atoms with Crippen LogP contribution in [0.5, 0.6) is 6.01 Å². The van der Waals surface area contributed by atoms with Crippen molar-refractivity contribution in [1.82, 2.24) is 19.9 Å². The van der Waals surface area contributed by atoms with Crippen molar-refractivity contribution in [3.05, 3.63) is 35.4 Å². The Kier molecular flexibility index (Phi) is 7.09. The number of anilines is 2. The zero-order chi connectivity index (χ0) is 31.0. The molecule has 3 N–H and O–H groups in total. The first kappa shape index (κ1) is 29.4. The fourth-order valence-electron chi connectivity index (χ4n) is 7.32. The van der Waals surface area contributed by atoms with Gasteiger partial charge in [0.1, 0.15) is 23.8 Å². The number of benzene rings is 2. The number of nitrogens with zero attached hydrogens (tertiary/aromatic N) is 5. The molecule has 44 heavy (non-hydrogen) atoms. The van der Waals surface area contributed by atoms with Gasteiger partial charge in [-0.3, -0.25) is 4.90 Å². The van der Waals surface area contributed by atoms with Crippen LogP contribution >= 0.6 is 11.3 Å². The first-order chi connectivity index (χ1) is 20.9.